The molecular weight excluding hydrogens is 681 g/mol. The Morgan fingerprint density at radius 3 is 1.75 bits per heavy atom. The van der Waals surface area contributed by atoms with E-state index in [0.717, 1.165) is 27.9 Å². The molecule has 1 aliphatic carbocycles. The average Bonchev–Trinajstić information content (AvgIpc) is 3.71. The van der Waals surface area contributed by atoms with Gasteiger partial charge in [0.15, 0.2) is 17.5 Å². The zero-order chi connectivity index (χ0) is 37.4. The van der Waals surface area contributed by atoms with Gasteiger partial charge in [-0.25, -0.2) is 15.0 Å². The first kappa shape index (κ1) is 32.3. The lowest BCUT2D eigenvalue weighted by molar-refractivity contribution is 0.660. The van der Waals surface area contributed by atoms with Crippen molar-refractivity contribution in [1.82, 2.24) is 19.5 Å². The highest BCUT2D eigenvalue weighted by Crippen LogP contribution is 2.51. The third-order valence-electron chi connectivity index (χ3n) is 11.6. The molecule has 10 aromatic rings. The van der Waals surface area contributed by atoms with Crippen LogP contribution in [0.3, 0.4) is 0 Å². The Morgan fingerprint density at radius 1 is 0.411 bits per heavy atom. The number of hydrogen-bond donors (Lipinski definition) is 0. The van der Waals surface area contributed by atoms with Crippen molar-refractivity contribution in [3.63, 3.8) is 0 Å². The lowest BCUT2D eigenvalue weighted by Crippen LogP contribution is -2.14. The molecule has 11 rings (SSSR count). The van der Waals surface area contributed by atoms with Gasteiger partial charge in [-0.3, -0.25) is 0 Å². The van der Waals surface area contributed by atoms with Crippen molar-refractivity contribution in [3.8, 4) is 62.1 Å². The molecule has 8 aromatic carbocycles. The second-order valence-corrected chi connectivity index (χ2v) is 15.2. The van der Waals surface area contributed by atoms with E-state index in [9.17, 15) is 0 Å². The first-order chi connectivity index (χ1) is 27.5. The molecule has 4 nitrogen and oxygen atoms in total. The maximum atomic E-state index is 5.09. The number of benzene rings is 8. The summed E-state index contributed by atoms with van der Waals surface area (Å²) in [6, 6.07) is 64.9. The molecule has 0 saturated carbocycles. The van der Waals surface area contributed by atoms with E-state index in [1.807, 2.05) is 60.7 Å². The topological polar surface area (TPSA) is 43.6 Å². The summed E-state index contributed by atoms with van der Waals surface area (Å²) in [6.07, 6.45) is 0. The second kappa shape index (κ2) is 12.4. The van der Waals surface area contributed by atoms with Gasteiger partial charge in [-0.15, -0.1) is 0 Å². The first-order valence-electron chi connectivity index (χ1n) is 19.2. The summed E-state index contributed by atoms with van der Waals surface area (Å²) >= 11 is 0. The minimum atomic E-state index is -0.117. The summed E-state index contributed by atoms with van der Waals surface area (Å²) < 4.78 is 2.44. The van der Waals surface area contributed by atoms with Gasteiger partial charge in [0.2, 0.25) is 0 Å². The molecule has 0 bridgehead atoms. The van der Waals surface area contributed by atoms with Crippen LogP contribution in [0.1, 0.15) is 25.0 Å². The zero-order valence-corrected chi connectivity index (χ0v) is 31.1. The number of rotatable bonds is 5. The molecule has 0 unspecified atom stereocenters. The molecule has 1 aliphatic rings. The van der Waals surface area contributed by atoms with Crippen LogP contribution in [0.15, 0.2) is 182 Å². The lowest BCUT2D eigenvalue weighted by Gasteiger charge is -2.22. The van der Waals surface area contributed by atoms with Gasteiger partial charge in [0.05, 0.1) is 11.0 Å². The van der Waals surface area contributed by atoms with Crippen molar-refractivity contribution in [2.45, 2.75) is 19.3 Å². The molecule has 4 heteroatoms. The van der Waals surface area contributed by atoms with Crippen molar-refractivity contribution >= 4 is 32.6 Å². The quantitative estimate of drug-likeness (QED) is 0.178. The van der Waals surface area contributed by atoms with Crippen LogP contribution in [-0.2, 0) is 5.41 Å². The van der Waals surface area contributed by atoms with Gasteiger partial charge >= 0.3 is 0 Å². The molecule has 0 N–H and O–H groups in total. The van der Waals surface area contributed by atoms with Crippen LogP contribution < -0.4 is 0 Å². The summed E-state index contributed by atoms with van der Waals surface area (Å²) in [6.45, 7) is 4.71. The molecule has 0 atom stereocenters. The maximum absolute atomic E-state index is 5.09. The van der Waals surface area contributed by atoms with Crippen molar-refractivity contribution in [3.05, 3.63) is 193 Å². The average molecular weight is 717 g/mol. The van der Waals surface area contributed by atoms with Gasteiger partial charge < -0.3 is 4.57 Å². The Kier molecular flexibility index (Phi) is 7.17. The summed E-state index contributed by atoms with van der Waals surface area (Å²) in [7, 11) is 0. The third kappa shape index (κ3) is 4.96. The Morgan fingerprint density at radius 2 is 1.00 bits per heavy atom. The van der Waals surface area contributed by atoms with E-state index >= 15 is 0 Å². The van der Waals surface area contributed by atoms with E-state index in [0.29, 0.717) is 17.5 Å². The predicted octanol–water partition coefficient (Wildman–Crippen LogP) is 13.1. The normalized spacial score (nSPS) is 13.0. The van der Waals surface area contributed by atoms with Gasteiger partial charge in [0, 0.05) is 44.1 Å². The van der Waals surface area contributed by atoms with Crippen LogP contribution in [0.5, 0.6) is 0 Å². The minimum Gasteiger partial charge on any atom is -0.309 e. The Balaban J connectivity index is 1.17. The van der Waals surface area contributed by atoms with Crippen LogP contribution in [-0.4, -0.2) is 19.5 Å². The summed E-state index contributed by atoms with van der Waals surface area (Å²) in [5.41, 5.74) is 13.9. The second-order valence-electron chi connectivity index (χ2n) is 15.2. The molecule has 0 radical (unpaired) electrons. The van der Waals surface area contributed by atoms with Gasteiger partial charge in [-0.1, -0.05) is 166 Å². The van der Waals surface area contributed by atoms with Gasteiger partial charge in [-0.2, -0.15) is 0 Å². The highest BCUT2D eigenvalue weighted by Gasteiger charge is 2.35. The molecule has 0 spiro atoms. The number of nitrogens with zero attached hydrogens (tertiary/aromatic N) is 4. The fraction of sp³-hybridized carbons (Fsp3) is 0.0577. The largest absolute Gasteiger partial charge is 0.309 e. The number of hydrogen-bond acceptors (Lipinski definition) is 3. The first-order valence-corrected chi connectivity index (χ1v) is 19.2. The monoisotopic (exact) mass is 716 g/mol. The van der Waals surface area contributed by atoms with Crippen LogP contribution >= 0.6 is 0 Å². The SMILES string of the molecule is CC1(C)c2ccccc2-c2ccc(-c3c4ccccc4cc4c5ccccc5n(-c5cccc(-c6nc(-c7ccccc7)nc(-c7ccccc7)n6)c5)c34)cc21. The molecule has 56 heavy (non-hydrogen) atoms. The fourth-order valence-corrected chi connectivity index (χ4v) is 8.93. The van der Waals surface area contributed by atoms with Crippen molar-refractivity contribution in [2.75, 3.05) is 0 Å². The summed E-state index contributed by atoms with van der Waals surface area (Å²) in [5.74, 6) is 1.92. The molecule has 0 fully saturated rings. The van der Waals surface area contributed by atoms with Crippen LogP contribution in [0.4, 0.5) is 0 Å². The molecule has 264 valence electrons. The maximum Gasteiger partial charge on any atom is 0.164 e. The lowest BCUT2D eigenvalue weighted by atomic mass is 9.81. The standard InChI is InChI=1S/C52H36N4/c1-52(2)44-26-13-11-24-40(44)41-29-28-36(32-45(41)52)47-39-23-10-9-20-35(39)31-43-42-25-12-14-27-46(42)56(48(43)47)38-22-15-21-37(30-38)51-54-49(33-16-5-3-6-17-33)53-50(55-51)34-18-7-4-8-19-34/h3-32H,1-2H3. The van der Waals surface area contributed by atoms with Gasteiger partial charge in [0.25, 0.3) is 0 Å². The molecule has 0 amide bonds. The molecule has 2 heterocycles. The summed E-state index contributed by atoms with van der Waals surface area (Å²) in [4.78, 5) is 15.1. The highest BCUT2D eigenvalue weighted by molar-refractivity contribution is 6.21. The Labute approximate surface area is 325 Å². The molecular formula is C52H36N4. The minimum absolute atomic E-state index is 0.117. The molecule has 0 saturated heterocycles. The number of fused-ring (bicyclic) bond motifs is 7. The van der Waals surface area contributed by atoms with Crippen molar-refractivity contribution in [1.29, 1.82) is 0 Å². The Bertz CT molecular complexity index is 3100. The fourth-order valence-electron chi connectivity index (χ4n) is 8.93. The van der Waals surface area contributed by atoms with Gasteiger partial charge in [0.1, 0.15) is 0 Å². The van der Waals surface area contributed by atoms with Crippen LogP contribution in [0.25, 0.3) is 94.7 Å². The van der Waals surface area contributed by atoms with E-state index in [1.54, 1.807) is 0 Å². The van der Waals surface area contributed by atoms with E-state index in [-0.39, 0.29) is 5.41 Å². The molecule has 0 aliphatic heterocycles. The number of aromatic nitrogens is 4. The van der Waals surface area contributed by atoms with Crippen LogP contribution in [0, 0.1) is 0 Å². The smallest absolute Gasteiger partial charge is 0.164 e. The van der Waals surface area contributed by atoms with E-state index in [2.05, 4.69) is 140 Å². The van der Waals surface area contributed by atoms with E-state index in [4.69, 9.17) is 15.0 Å². The van der Waals surface area contributed by atoms with Crippen molar-refractivity contribution < 1.29 is 0 Å². The van der Waals surface area contributed by atoms with Gasteiger partial charge in [-0.05, 0) is 68.9 Å². The van der Waals surface area contributed by atoms with Crippen molar-refractivity contribution in [2.24, 2.45) is 0 Å². The zero-order valence-electron chi connectivity index (χ0n) is 31.1. The third-order valence-corrected chi connectivity index (χ3v) is 11.6. The van der Waals surface area contributed by atoms with E-state index in [1.165, 1.54) is 60.4 Å². The Hall–Kier alpha value is -7.17. The number of para-hydroxylation sites is 1. The summed E-state index contributed by atoms with van der Waals surface area (Å²) in [5, 5.41) is 4.89. The van der Waals surface area contributed by atoms with Crippen LogP contribution in [0.2, 0.25) is 0 Å². The van der Waals surface area contributed by atoms with E-state index < -0.39 is 0 Å². The highest BCUT2D eigenvalue weighted by atomic mass is 15.0. The molecule has 2 aromatic heterocycles. The predicted molar refractivity (Wildman–Crippen MR) is 231 cm³/mol.